The molecule has 0 saturated carbocycles. The van der Waals surface area contributed by atoms with Crippen LogP contribution >= 0.6 is 0 Å². The third-order valence-electron chi connectivity index (χ3n) is 3.47. The van der Waals surface area contributed by atoms with Gasteiger partial charge in [-0.1, -0.05) is 52.4 Å². The Bertz CT molecular complexity index is 197. The van der Waals surface area contributed by atoms with Gasteiger partial charge in [-0.25, -0.2) is 0 Å². The lowest BCUT2D eigenvalue weighted by atomic mass is 10.0. The summed E-state index contributed by atoms with van der Waals surface area (Å²) in [6, 6.07) is 0.604. The standard InChI is InChI=1S/C16H34N2O/c1-4-7-9-11-15(12-10-8-5-2)18-14-13-16(19)17-6-3/h15,18H,4-14H2,1-3H3,(H,17,19). The molecule has 0 aliphatic rings. The van der Waals surface area contributed by atoms with Gasteiger partial charge in [-0.3, -0.25) is 4.79 Å². The Balaban J connectivity index is 3.78. The third kappa shape index (κ3) is 12.2. The predicted molar refractivity (Wildman–Crippen MR) is 83.4 cm³/mol. The summed E-state index contributed by atoms with van der Waals surface area (Å²) in [6.07, 6.45) is 10.9. The van der Waals surface area contributed by atoms with Crippen molar-refractivity contribution in [1.29, 1.82) is 0 Å². The highest BCUT2D eigenvalue weighted by Gasteiger charge is 2.08. The predicted octanol–water partition coefficient (Wildman–Crippen LogP) is 3.63. The van der Waals surface area contributed by atoms with E-state index in [1.165, 1.54) is 51.4 Å². The van der Waals surface area contributed by atoms with Crippen LogP contribution in [0.5, 0.6) is 0 Å². The van der Waals surface area contributed by atoms with E-state index in [0.29, 0.717) is 12.5 Å². The van der Waals surface area contributed by atoms with Gasteiger partial charge in [0.15, 0.2) is 0 Å². The lowest BCUT2D eigenvalue weighted by Crippen LogP contribution is -2.33. The minimum absolute atomic E-state index is 0.163. The molecule has 0 saturated heterocycles. The molecule has 0 fully saturated rings. The van der Waals surface area contributed by atoms with Crippen LogP contribution in [0.2, 0.25) is 0 Å². The van der Waals surface area contributed by atoms with Crippen LogP contribution in [0.15, 0.2) is 0 Å². The third-order valence-corrected chi connectivity index (χ3v) is 3.47. The molecule has 0 radical (unpaired) electrons. The maximum atomic E-state index is 11.4. The molecule has 0 spiro atoms. The highest BCUT2D eigenvalue weighted by molar-refractivity contribution is 5.75. The number of carbonyl (C=O) groups excluding carboxylic acids is 1. The van der Waals surface area contributed by atoms with E-state index < -0.39 is 0 Å². The van der Waals surface area contributed by atoms with E-state index in [1.54, 1.807) is 0 Å². The Morgan fingerprint density at radius 2 is 1.53 bits per heavy atom. The molecular formula is C16H34N2O. The highest BCUT2D eigenvalue weighted by atomic mass is 16.1. The monoisotopic (exact) mass is 270 g/mol. The van der Waals surface area contributed by atoms with Crippen molar-refractivity contribution in [2.75, 3.05) is 13.1 Å². The molecule has 0 aliphatic carbocycles. The summed E-state index contributed by atoms with van der Waals surface area (Å²) in [7, 11) is 0. The number of amides is 1. The Morgan fingerprint density at radius 1 is 0.947 bits per heavy atom. The van der Waals surface area contributed by atoms with Gasteiger partial charge in [0.1, 0.15) is 0 Å². The maximum absolute atomic E-state index is 11.4. The van der Waals surface area contributed by atoms with Crippen LogP contribution in [0.1, 0.15) is 78.6 Å². The molecule has 19 heavy (non-hydrogen) atoms. The van der Waals surface area contributed by atoms with Crippen LogP contribution in [-0.4, -0.2) is 25.0 Å². The Kier molecular flexibility index (Phi) is 13.4. The van der Waals surface area contributed by atoms with Gasteiger partial charge in [0.25, 0.3) is 0 Å². The molecule has 1 amide bonds. The molecule has 0 aromatic rings. The zero-order chi connectivity index (χ0) is 14.3. The second-order valence-electron chi connectivity index (χ2n) is 5.35. The zero-order valence-corrected chi connectivity index (χ0v) is 13.3. The van der Waals surface area contributed by atoms with E-state index >= 15 is 0 Å². The molecule has 3 heteroatoms. The molecule has 0 atom stereocenters. The molecule has 0 aromatic carbocycles. The number of rotatable bonds is 13. The van der Waals surface area contributed by atoms with Crippen LogP contribution in [0.25, 0.3) is 0 Å². The first-order valence-corrected chi connectivity index (χ1v) is 8.24. The van der Waals surface area contributed by atoms with Gasteiger partial charge in [0, 0.05) is 25.6 Å². The molecule has 3 nitrogen and oxygen atoms in total. The van der Waals surface area contributed by atoms with Gasteiger partial charge < -0.3 is 10.6 Å². The van der Waals surface area contributed by atoms with E-state index in [9.17, 15) is 4.79 Å². The summed E-state index contributed by atoms with van der Waals surface area (Å²) in [6.45, 7) is 8.00. The first-order chi connectivity index (χ1) is 9.24. The van der Waals surface area contributed by atoms with E-state index in [0.717, 1.165) is 13.1 Å². The van der Waals surface area contributed by atoms with Gasteiger partial charge in [-0.05, 0) is 19.8 Å². The molecule has 114 valence electrons. The van der Waals surface area contributed by atoms with Crippen LogP contribution < -0.4 is 10.6 Å². The van der Waals surface area contributed by atoms with E-state index in [2.05, 4.69) is 24.5 Å². The number of nitrogens with one attached hydrogen (secondary N) is 2. The first-order valence-electron chi connectivity index (χ1n) is 8.24. The molecule has 0 bridgehead atoms. The summed E-state index contributed by atoms with van der Waals surface area (Å²) in [5.74, 6) is 0.163. The number of carbonyl (C=O) groups is 1. The maximum Gasteiger partial charge on any atom is 0.221 e. The van der Waals surface area contributed by atoms with Crippen molar-refractivity contribution < 1.29 is 4.79 Å². The van der Waals surface area contributed by atoms with Gasteiger partial charge in [0.2, 0.25) is 5.91 Å². The van der Waals surface area contributed by atoms with Gasteiger partial charge in [0.05, 0.1) is 0 Å². The average molecular weight is 270 g/mol. The largest absolute Gasteiger partial charge is 0.356 e. The second-order valence-corrected chi connectivity index (χ2v) is 5.35. The lowest BCUT2D eigenvalue weighted by Gasteiger charge is -2.18. The topological polar surface area (TPSA) is 41.1 Å². The zero-order valence-electron chi connectivity index (χ0n) is 13.3. The Hall–Kier alpha value is -0.570. The molecule has 0 aliphatic heterocycles. The van der Waals surface area contributed by atoms with Gasteiger partial charge in [-0.2, -0.15) is 0 Å². The van der Waals surface area contributed by atoms with Crippen LogP contribution in [0.3, 0.4) is 0 Å². The fourth-order valence-corrected chi connectivity index (χ4v) is 2.31. The van der Waals surface area contributed by atoms with Gasteiger partial charge >= 0.3 is 0 Å². The van der Waals surface area contributed by atoms with Crippen molar-refractivity contribution in [1.82, 2.24) is 10.6 Å². The fraction of sp³-hybridized carbons (Fsp3) is 0.938. The normalized spacial score (nSPS) is 10.9. The number of unbranched alkanes of at least 4 members (excludes halogenated alkanes) is 4. The summed E-state index contributed by atoms with van der Waals surface area (Å²) in [5.41, 5.74) is 0. The second kappa shape index (κ2) is 13.9. The number of hydrogen-bond donors (Lipinski definition) is 2. The average Bonchev–Trinajstić information content (AvgIpc) is 2.39. The van der Waals surface area contributed by atoms with Crippen molar-refractivity contribution in [3.8, 4) is 0 Å². The lowest BCUT2D eigenvalue weighted by molar-refractivity contribution is -0.120. The van der Waals surface area contributed by atoms with Crippen molar-refractivity contribution in [2.24, 2.45) is 0 Å². The van der Waals surface area contributed by atoms with E-state index in [-0.39, 0.29) is 5.91 Å². The van der Waals surface area contributed by atoms with Crippen molar-refractivity contribution in [3.63, 3.8) is 0 Å². The molecular weight excluding hydrogens is 236 g/mol. The summed E-state index contributed by atoms with van der Waals surface area (Å²) >= 11 is 0. The SMILES string of the molecule is CCCCCC(CCCCC)NCCC(=O)NCC. The van der Waals surface area contributed by atoms with Crippen LogP contribution in [0.4, 0.5) is 0 Å². The van der Waals surface area contributed by atoms with Crippen molar-refractivity contribution in [2.45, 2.75) is 84.6 Å². The molecule has 2 N–H and O–H groups in total. The quantitative estimate of drug-likeness (QED) is 0.502. The first kappa shape index (κ1) is 18.4. The fourth-order valence-electron chi connectivity index (χ4n) is 2.31. The summed E-state index contributed by atoms with van der Waals surface area (Å²) in [4.78, 5) is 11.4. The minimum atomic E-state index is 0.163. The Morgan fingerprint density at radius 3 is 2.00 bits per heavy atom. The Labute approximate surface area is 119 Å². The van der Waals surface area contributed by atoms with Crippen molar-refractivity contribution in [3.05, 3.63) is 0 Å². The van der Waals surface area contributed by atoms with Crippen molar-refractivity contribution >= 4 is 5.91 Å². The summed E-state index contributed by atoms with van der Waals surface area (Å²) < 4.78 is 0. The van der Waals surface area contributed by atoms with E-state index in [4.69, 9.17) is 0 Å². The molecule has 0 aromatic heterocycles. The summed E-state index contributed by atoms with van der Waals surface area (Å²) in [5, 5.41) is 6.41. The molecule has 0 rings (SSSR count). The highest BCUT2D eigenvalue weighted by Crippen LogP contribution is 2.11. The molecule has 0 unspecified atom stereocenters. The van der Waals surface area contributed by atoms with Gasteiger partial charge in [-0.15, -0.1) is 0 Å². The number of hydrogen-bond acceptors (Lipinski definition) is 2. The smallest absolute Gasteiger partial charge is 0.221 e. The minimum Gasteiger partial charge on any atom is -0.356 e. The van der Waals surface area contributed by atoms with Crippen LogP contribution in [-0.2, 0) is 4.79 Å². The van der Waals surface area contributed by atoms with E-state index in [1.807, 2.05) is 6.92 Å². The molecule has 0 heterocycles. The van der Waals surface area contributed by atoms with Crippen LogP contribution in [0, 0.1) is 0 Å².